The van der Waals surface area contributed by atoms with Crippen molar-refractivity contribution in [3.8, 4) is 5.75 Å². The van der Waals surface area contributed by atoms with Gasteiger partial charge in [0.25, 0.3) is 5.91 Å². The quantitative estimate of drug-likeness (QED) is 0.745. The second kappa shape index (κ2) is 8.19. The van der Waals surface area contributed by atoms with E-state index in [-0.39, 0.29) is 12.5 Å². The van der Waals surface area contributed by atoms with Crippen molar-refractivity contribution in [2.45, 2.75) is 18.9 Å². The molecule has 1 atom stereocenters. The highest BCUT2D eigenvalue weighted by atomic mass is 35.5. The summed E-state index contributed by atoms with van der Waals surface area (Å²) in [6, 6.07) is 14.4. The summed E-state index contributed by atoms with van der Waals surface area (Å²) in [6.45, 7) is 0.399. The van der Waals surface area contributed by atoms with E-state index in [1.54, 1.807) is 24.3 Å². The zero-order valence-electron chi connectivity index (χ0n) is 14.9. The maximum atomic E-state index is 12.5. The summed E-state index contributed by atoms with van der Waals surface area (Å²) in [5, 5.41) is 3.52. The molecule has 1 amide bonds. The Morgan fingerprint density at radius 3 is 2.67 bits per heavy atom. The largest absolute Gasteiger partial charge is 0.476 e. The van der Waals surface area contributed by atoms with Crippen LogP contribution in [-0.2, 0) is 21.2 Å². The molecule has 0 fully saturated rings. The molecule has 0 saturated heterocycles. The van der Waals surface area contributed by atoms with Crippen LogP contribution in [0.1, 0.15) is 12.0 Å². The first-order valence-electron chi connectivity index (χ1n) is 8.61. The van der Waals surface area contributed by atoms with E-state index in [4.69, 9.17) is 16.3 Å². The number of anilines is 1. The van der Waals surface area contributed by atoms with Gasteiger partial charge in [0, 0.05) is 11.6 Å². The van der Waals surface area contributed by atoms with Crippen LogP contribution >= 0.6 is 11.6 Å². The third-order valence-electron chi connectivity index (χ3n) is 4.31. The van der Waals surface area contributed by atoms with Crippen LogP contribution in [0.5, 0.6) is 5.75 Å². The smallest absolute Gasteiger partial charge is 0.263 e. The molecule has 144 valence electrons. The minimum Gasteiger partial charge on any atom is -0.476 e. The summed E-state index contributed by atoms with van der Waals surface area (Å²) >= 11 is 6.12. The Morgan fingerprint density at radius 2 is 1.93 bits per heavy atom. The molecule has 0 aromatic heterocycles. The van der Waals surface area contributed by atoms with Crippen LogP contribution < -0.4 is 14.4 Å². The topological polar surface area (TPSA) is 75.7 Å². The molecule has 27 heavy (non-hydrogen) atoms. The fourth-order valence-electron chi connectivity index (χ4n) is 2.96. The van der Waals surface area contributed by atoms with Crippen LogP contribution in [0.3, 0.4) is 0 Å². The number of fused-ring (bicyclic) bond motifs is 1. The van der Waals surface area contributed by atoms with Crippen molar-refractivity contribution >= 4 is 33.2 Å². The molecule has 1 aliphatic heterocycles. The highest BCUT2D eigenvalue weighted by Crippen LogP contribution is 2.34. The van der Waals surface area contributed by atoms with Gasteiger partial charge in [-0.1, -0.05) is 41.9 Å². The molecule has 1 heterocycles. The number of ether oxygens (including phenoxy) is 1. The minimum absolute atomic E-state index is 0.0494. The Morgan fingerprint density at radius 1 is 1.22 bits per heavy atom. The molecule has 2 aromatic carbocycles. The monoisotopic (exact) mass is 408 g/mol. The number of halogens is 1. The molecule has 0 aliphatic carbocycles. The molecule has 0 unspecified atom stereocenters. The van der Waals surface area contributed by atoms with E-state index in [2.05, 4.69) is 5.32 Å². The van der Waals surface area contributed by atoms with Crippen molar-refractivity contribution in [2.24, 2.45) is 0 Å². The number of para-hydroxylation sites is 2. The van der Waals surface area contributed by atoms with Gasteiger partial charge in [-0.25, -0.2) is 8.42 Å². The first-order chi connectivity index (χ1) is 12.9. The molecule has 3 rings (SSSR count). The highest BCUT2D eigenvalue weighted by molar-refractivity contribution is 7.92. The number of aryl methyl sites for hydroxylation is 1. The number of carbonyl (C=O) groups excluding carboxylic acids is 1. The van der Waals surface area contributed by atoms with Crippen LogP contribution in [0, 0.1) is 0 Å². The fraction of sp³-hybridized carbons (Fsp3) is 0.316. The van der Waals surface area contributed by atoms with E-state index in [9.17, 15) is 13.2 Å². The van der Waals surface area contributed by atoms with Gasteiger partial charge < -0.3 is 10.1 Å². The second-order valence-corrected chi connectivity index (χ2v) is 8.67. The Hall–Kier alpha value is -2.25. The van der Waals surface area contributed by atoms with Crippen LogP contribution in [0.2, 0.25) is 5.02 Å². The summed E-state index contributed by atoms with van der Waals surface area (Å²) in [4.78, 5) is 12.5. The van der Waals surface area contributed by atoms with Crippen LogP contribution in [0.15, 0.2) is 48.5 Å². The predicted octanol–water partition coefficient (Wildman–Crippen LogP) is 2.62. The van der Waals surface area contributed by atoms with E-state index >= 15 is 0 Å². The van der Waals surface area contributed by atoms with Gasteiger partial charge in [-0.05, 0) is 36.6 Å². The van der Waals surface area contributed by atoms with E-state index in [0.29, 0.717) is 29.4 Å². The molecular weight excluding hydrogens is 388 g/mol. The molecule has 1 aliphatic rings. The van der Waals surface area contributed by atoms with Crippen molar-refractivity contribution in [2.75, 3.05) is 23.7 Å². The van der Waals surface area contributed by atoms with Gasteiger partial charge in [0.1, 0.15) is 5.75 Å². The summed E-state index contributed by atoms with van der Waals surface area (Å²) in [7, 11) is -3.51. The van der Waals surface area contributed by atoms with Gasteiger partial charge >= 0.3 is 0 Å². The standard InChI is InChI=1S/C19H21ClN2O4S/c1-27(24,25)22-13-18(26-17-11-5-4-10-16(17)22)19(23)21-12-6-8-14-7-2-3-9-15(14)20/h2-5,7,9-11,18H,6,8,12-13H2,1H3,(H,21,23)/t18-/m0/s1. The van der Waals surface area contributed by atoms with Crippen molar-refractivity contribution in [1.82, 2.24) is 5.32 Å². The first kappa shape index (κ1) is 19.5. The van der Waals surface area contributed by atoms with Crippen molar-refractivity contribution in [3.63, 3.8) is 0 Å². The number of carbonyl (C=O) groups is 1. The van der Waals surface area contributed by atoms with Gasteiger partial charge in [0.05, 0.1) is 18.5 Å². The summed E-state index contributed by atoms with van der Waals surface area (Å²) in [6.07, 6.45) is 1.68. The van der Waals surface area contributed by atoms with Gasteiger partial charge in [0.2, 0.25) is 10.0 Å². The number of hydrogen-bond acceptors (Lipinski definition) is 4. The molecule has 0 saturated carbocycles. The zero-order valence-corrected chi connectivity index (χ0v) is 16.5. The van der Waals surface area contributed by atoms with Crippen molar-refractivity contribution < 1.29 is 17.9 Å². The molecule has 0 spiro atoms. The summed E-state index contributed by atoms with van der Waals surface area (Å²) in [5.41, 5.74) is 1.47. The summed E-state index contributed by atoms with van der Waals surface area (Å²) in [5.74, 6) is 0.0442. The van der Waals surface area contributed by atoms with E-state index < -0.39 is 16.1 Å². The molecule has 1 N–H and O–H groups in total. The predicted molar refractivity (Wildman–Crippen MR) is 106 cm³/mol. The Balaban J connectivity index is 1.60. The van der Waals surface area contributed by atoms with Gasteiger partial charge in [-0.15, -0.1) is 0 Å². The number of nitrogens with zero attached hydrogens (tertiary/aromatic N) is 1. The van der Waals surface area contributed by atoms with Crippen LogP contribution in [-0.4, -0.2) is 39.8 Å². The lowest BCUT2D eigenvalue weighted by Crippen LogP contribution is -2.50. The van der Waals surface area contributed by atoms with Crippen LogP contribution in [0.25, 0.3) is 0 Å². The minimum atomic E-state index is -3.51. The number of rotatable bonds is 6. The van der Waals surface area contributed by atoms with Gasteiger partial charge in [-0.2, -0.15) is 0 Å². The van der Waals surface area contributed by atoms with E-state index in [0.717, 1.165) is 18.2 Å². The average molecular weight is 409 g/mol. The molecule has 6 nitrogen and oxygen atoms in total. The number of amides is 1. The number of sulfonamides is 1. The first-order valence-corrected chi connectivity index (χ1v) is 10.8. The maximum Gasteiger partial charge on any atom is 0.263 e. The van der Waals surface area contributed by atoms with Crippen LogP contribution in [0.4, 0.5) is 5.69 Å². The lowest BCUT2D eigenvalue weighted by atomic mass is 10.1. The Bertz CT molecular complexity index is 933. The molecular formula is C19H21ClN2O4S. The lowest BCUT2D eigenvalue weighted by molar-refractivity contribution is -0.127. The number of nitrogens with one attached hydrogen (secondary N) is 1. The normalized spacial score (nSPS) is 16.4. The Kier molecular flexibility index (Phi) is 5.92. The zero-order chi connectivity index (χ0) is 19.4. The highest BCUT2D eigenvalue weighted by Gasteiger charge is 2.34. The fourth-order valence-corrected chi connectivity index (χ4v) is 4.10. The average Bonchev–Trinajstić information content (AvgIpc) is 2.64. The van der Waals surface area contributed by atoms with Gasteiger partial charge in [0.15, 0.2) is 6.10 Å². The Labute approximate surface area is 164 Å². The second-order valence-electron chi connectivity index (χ2n) is 6.35. The van der Waals surface area contributed by atoms with E-state index in [1.807, 2.05) is 24.3 Å². The van der Waals surface area contributed by atoms with Gasteiger partial charge in [-0.3, -0.25) is 9.10 Å². The molecule has 8 heteroatoms. The molecule has 0 radical (unpaired) electrons. The molecule has 2 aromatic rings. The maximum absolute atomic E-state index is 12.5. The SMILES string of the molecule is CS(=O)(=O)N1C[C@@H](C(=O)NCCCc2ccccc2Cl)Oc2ccccc21. The van der Waals surface area contributed by atoms with E-state index in [1.165, 1.54) is 4.31 Å². The summed E-state index contributed by atoms with van der Waals surface area (Å²) < 4.78 is 31.1. The third-order valence-corrected chi connectivity index (χ3v) is 5.82. The molecule has 0 bridgehead atoms. The van der Waals surface area contributed by atoms with Crippen molar-refractivity contribution in [3.05, 3.63) is 59.1 Å². The third kappa shape index (κ3) is 4.73. The number of hydrogen-bond donors (Lipinski definition) is 1. The lowest BCUT2D eigenvalue weighted by Gasteiger charge is -2.33. The number of benzene rings is 2. The van der Waals surface area contributed by atoms with Crippen molar-refractivity contribution in [1.29, 1.82) is 0 Å².